The van der Waals surface area contributed by atoms with Crippen molar-refractivity contribution < 1.29 is 23.9 Å². The maximum absolute atomic E-state index is 12.0. The molecule has 2 rings (SSSR count). The molecule has 0 saturated heterocycles. The Bertz CT molecular complexity index is 695. The van der Waals surface area contributed by atoms with E-state index >= 15 is 0 Å². The molecule has 1 aliphatic carbocycles. The zero-order valence-electron chi connectivity index (χ0n) is 16.1. The molecule has 1 aliphatic rings. The van der Waals surface area contributed by atoms with Crippen molar-refractivity contribution >= 4 is 23.9 Å². The summed E-state index contributed by atoms with van der Waals surface area (Å²) >= 11 is 0. The maximum atomic E-state index is 12.0. The Balaban J connectivity index is 1.77. The number of rotatable bonds is 6. The fourth-order valence-corrected chi connectivity index (χ4v) is 3.23. The van der Waals surface area contributed by atoms with Crippen LogP contribution in [-0.2, 0) is 19.1 Å². The van der Waals surface area contributed by atoms with Crippen LogP contribution in [0.2, 0.25) is 0 Å². The second kappa shape index (κ2) is 9.90. The fraction of sp³-hybridized carbons (Fsp3) is 0.476. The Labute approximate surface area is 159 Å². The monoisotopic (exact) mass is 373 g/mol. The molecule has 0 spiro atoms. The summed E-state index contributed by atoms with van der Waals surface area (Å²) in [6, 6.07) is 6.74. The molecule has 6 nitrogen and oxygen atoms in total. The summed E-state index contributed by atoms with van der Waals surface area (Å²) in [6.07, 6.45) is 6.08. The van der Waals surface area contributed by atoms with E-state index in [9.17, 15) is 14.4 Å². The van der Waals surface area contributed by atoms with Crippen LogP contribution in [0, 0.1) is 11.8 Å². The highest BCUT2D eigenvalue weighted by atomic mass is 16.5. The van der Waals surface area contributed by atoms with E-state index in [4.69, 9.17) is 4.74 Å². The van der Waals surface area contributed by atoms with Gasteiger partial charge >= 0.3 is 11.9 Å². The van der Waals surface area contributed by atoms with Crippen LogP contribution in [0.1, 0.15) is 49.0 Å². The standard InChI is InChI=1S/C21H27NO5/c1-14-5-4-6-18(15(14)2)22-19(23)13-27-20(24)12-9-16-7-10-17(11-8-16)21(25)26-3/h7-12,14-15,18H,4-6,13H2,1-3H3,(H,22,23)/b12-9+. The van der Waals surface area contributed by atoms with Gasteiger partial charge in [-0.15, -0.1) is 0 Å². The number of esters is 2. The van der Waals surface area contributed by atoms with Gasteiger partial charge in [-0.05, 0) is 42.0 Å². The fourth-order valence-electron chi connectivity index (χ4n) is 3.23. The molecule has 0 aliphatic heterocycles. The van der Waals surface area contributed by atoms with Crippen LogP contribution in [-0.4, -0.2) is 37.6 Å². The molecule has 1 fully saturated rings. The van der Waals surface area contributed by atoms with Crippen molar-refractivity contribution in [1.29, 1.82) is 0 Å². The van der Waals surface area contributed by atoms with Crippen LogP contribution >= 0.6 is 0 Å². The largest absolute Gasteiger partial charge is 0.465 e. The molecule has 3 atom stereocenters. The van der Waals surface area contributed by atoms with Gasteiger partial charge in [0, 0.05) is 12.1 Å². The second-order valence-electron chi connectivity index (χ2n) is 7.00. The van der Waals surface area contributed by atoms with Crippen molar-refractivity contribution in [2.45, 2.75) is 39.2 Å². The Morgan fingerprint density at radius 1 is 1.15 bits per heavy atom. The minimum Gasteiger partial charge on any atom is -0.465 e. The molecule has 0 bridgehead atoms. The highest BCUT2D eigenvalue weighted by molar-refractivity contribution is 5.91. The number of ether oxygens (including phenoxy) is 2. The first-order valence-electron chi connectivity index (χ1n) is 9.23. The molecule has 1 N–H and O–H groups in total. The summed E-state index contributed by atoms with van der Waals surface area (Å²) in [5, 5.41) is 2.97. The number of hydrogen-bond donors (Lipinski definition) is 1. The van der Waals surface area contributed by atoms with Crippen molar-refractivity contribution in [3.8, 4) is 0 Å². The van der Waals surface area contributed by atoms with Gasteiger partial charge in [-0.3, -0.25) is 4.79 Å². The molecule has 1 aromatic rings. The lowest BCUT2D eigenvalue weighted by Crippen LogP contribution is -2.45. The SMILES string of the molecule is COC(=O)c1ccc(/C=C/C(=O)OCC(=O)NC2CCCC(C)C2C)cc1. The van der Waals surface area contributed by atoms with Gasteiger partial charge in [0.2, 0.25) is 0 Å². The zero-order chi connectivity index (χ0) is 19.8. The Morgan fingerprint density at radius 3 is 2.52 bits per heavy atom. The van der Waals surface area contributed by atoms with Crippen molar-refractivity contribution in [3.63, 3.8) is 0 Å². The molecule has 0 aromatic heterocycles. The molecule has 27 heavy (non-hydrogen) atoms. The summed E-state index contributed by atoms with van der Waals surface area (Å²) in [4.78, 5) is 35.2. The van der Waals surface area contributed by atoms with Gasteiger partial charge in [0.1, 0.15) is 0 Å². The molecule has 146 valence electrons. The van der Waals surface area contributed by atoms with E-state index in [1.165, 1.54) is 19.6 Å². The number of carbonyl (C=O) groups excluding carboxylic acids is 3. The van der Waals surface area contributed by atoms with E-state index in [0.717, 1.165) is 18.4 Å². The first-order chi connectivity index (χ1) is 12.9. The summed E-state index contributed by atoms with van der Waals surface area (Å²) in [6.45, 7) is 4.06. The number of benzene rings is 1. The molecule has 6 heteroatoms. The van der Waals surface area contributed by atoms with Gasteiger partial charge in [0.25, 0.3) is 5.91 Å². The van der Waals surface area contributed by atoms with Crippen molar-refractivity contribution in [3.05, 3.63) is 41.5 Å². The summed E-state index contributed by atoms with van der Waals surface area (Å²) in [7, 11) is 1.32. The smallest absolute Gasteiger partial charge is 0.337 e. The van der Waals surface area contributed by atoms with Crippen LogP contribution in [0.4, 0.5) is 0 Å². The zero-order valence-corrected chi connectivity index (χ0v) is 16.1. The minimum absolute atomic E-state index is 0.142. The number of amides is 1. The Hall–Kier alpha value is -2.63. The van der Waals surface area contributed by atoms with Gasteiger partial charge in [0.15, 0.2) is 6.61 Å². The Morgan fingerprint density at radius 2 is 1.85 bits per heavy atom. The molecule has 1 amide bonds. The quantitative estimate of drug-likeness (QED) is 0.612. The van der Waals surface area contributed by atoms with Crippen molar-refractivity contribution in [1.82, 2.24) is 5.32 Å². The second-order valence-corrected chi connectivity index (χ2v) is 7.00. The van der Waals surface area contributed by atoms with E-state index in [-0.39, 0.29) is 18.6 Å². The summed E-state index contributed by atoms with van der Waals surface area (Å²) in [5.41, 5.74) is 1.16. The first kappa shape index (κ1) is 20.7. The predicted molar refractivity (Wildman–Crippen MR) is 102 cm³/mol. The van der Waals surface area contributed by atoms with Crippen molar-refractivity contribution in [2.75, 3.05) is 13.7 Å². The number of methoxy groups -OCH3 is 1. The maximum Gasteiger partial charge on any atom is 0.337 e. The predicted octanol–water partition coefficient (Wildman–Crippen LogP) is 2.97. The van der Waals surface area contributed by atoms with E-state index in [1.54, 1.807) is 30.3 Å². The van der Waals surface area contributed by atoms with Crippen LogP contribution in [0.5, 0.6) is 0 Å². The molecule has 3 unspecified atom stereocenters. The topological polar surface area (TPSA) is 81.7 Å². The third-order valence-corrected chi connectivity index (χ3v) is 5.14. The van der Waals surface area contributed by atoms with Gasteiger partial charge < -0.3 is 14.8 Å². The lowest BCUT2D eigenvalue weighted by atomic mass is 9.78. The highest BCUT2D eigenvalue weighted by Crippen LogP contribution is 2.29. The molecule has 1 aromatic carbocycles. The normalized spacial score (nSPS) is 22.3. The Kier molecular flexibility index (Phi) is 7.58. The van der Waals surface area contributed by atoms with E-state index in [0.29, 0.717) is 17.4 Å². The van der Waals surface area contributed by atoms with Crippen LogP contribution < -0.4 is 5.32 Å². The highest BCUT2D eigenvalue weighted by Gasteiger charge is 2.28. The van der Waals surface area contributed by atoms with Gasteiger partial charge in [0.05, 0.1) is 12.7 Å². The van der Waals surface area contributed by atoms with Crippen molar-refractivity contribution in [2.24, 2.45) is 11.8 Å². The number of nitrogens with one attached hydrogen (secondary N) is 1. The first-order valence-corrected chi connectivity index (χ1v) is 9.23. The van der Waals surface area contributed by atoms with E-state index < -0.39 is 11.9 Å². The minimum atomic E-state index is -0.591. The van der Waals surface area contributed by atoms with Gasteiger partial charge in [-0.1, -0.05) is 38.8 Å². The van der Waals surface area contributed by atoms with E-state index in [2.05, 4.69) is 23.9 Å². The van der Waals surface area contributed by atoms with Gasteiger partial charge in [-0.25, -0.2) is 9.59 Å². The van der Waals surface area contributed by atoms with Crippen LogP contribution in [0.25, 0.3) is 6.08 Å². The molecular weight excluding hydrogens is 346 g/mol. The average Bonchev–Trinajstić information content (AvgIpc) is 2.68. The lowest BCUT2D eigenvalue weighted by molar-refractivity contribution is -0.144. The molecular formula is C21H27NO5. The molecule has 0 heterocycles. The average molecular weight is 373 g/mol. The summed E-state index contributed by atoms with van der Waals surface area (Å²) < 4.78 is 9.62. The third kappa shape index (κ3) is 6.24. The molecule has 0 radical (unpaired) electrons. The van der Waals surface area contributed by atoms with Crippen LogP contribution in [0.3, 0.4) is 0 Å². The molecule has 1 saturated carbocycles. The third-order valence-electron chi connectivity index (χ3n) is 5.14. The van der Waals surface area contributed by atoms with E-state index in [1.807, 2.05) is 0 Å². The lowest BCUT2D eigenvalue weighted by Gasteiger charge is -2.34. The van der Waals surface area contributed by atoms with Crippen LogP contribution in [0.15, 0.2) is 30.3 Å². The number of carbonyl (C=O) groups is 3. The van der Waals surface area contributed by atoms with Gasteiger partial charge in [-0.2, -0.15) is 0 Å². The number of hydrogen-bond acceptors (Lipinski definition) is 5. The summed E-state index contributed by atoms with van der Waals surface area (Å²) in [5.74, 6) is -0.277.